The van der Waals surface area contributed by atoms with Gasteiger partial charge in [-0.15, -0.1) is 0 Å². The van der Waals surface area contributed by atoms with Crippen LogP contribution in [0.5, 0.6) is 0 Å². The van der Waals surface area contributed by atoms with Crippen LogP contribution >= 0.6 is 0 Å². The molecular weight excluding hydrogens is 212 g/mol. The van der Waals surface area contributed by atoms with Crippen LogP contribution in [-0.4, -0.2) is 36.0 Å². The average molecular weight is 240 g/mol. The van der Waals surface area contributed by atoms with E-state index in [1.807, 2.05) is 32.7 Å². The molecule has 0 radical (unpaired) electrons. The monoisotopic (exact) mass is 240 g/mol. The third kappa shape index (κ3) is 3.70. The molecule has 1 fully saturated rings. The van der Waals surface area contributed by atoms with Gasteiger partial charge in [-0.05, 0) is 39.2 Å². The Morgan fingerprint density at radius 2 is 2.06 bits per heavy atom. The number of amides is 1. The number of rotatable bonds is 4. The zero-order valence-electron chi connectivity index (χ0n) is 12.0. The van der Waals surface area contributed by atoms with Crippen LogP contribution in [0.2, 0.25) is 0 Å². The van der Waals surface area contributed by atoms with Gasteiger partial charge in [-0.3, -0.25) is 4.79 Å². The molecule has 0 spiro atoms. The summed E-state index contributed by atoms with van der Waals surface area (Å²) in [5.74, 6) is 0.977. The van der Waals surface area contributed by atoms with Crippen LogP contribution in [-0.2, 0) is 4.79 Å². The molecule has 0 heterocycles. The fraction of sp³-hybridized carbons (Fsp3) is 0.929. The SMILES string of the molecule is CCNC(C)(C)C(=O)N(C)C1CCCC(C)C1. The van der Waals surface area contributed by atoms with Crippen LogP contribution in [0, 0.1) is 5.92 Å². The molecule has 17 heavy (non-hydrogen) atoms. The molecule has 1 saturated carbocycles. The molecule has 1 N–H and O–H groups in total. The highest BCUT2D eigenvalue weighted by molar-refractivity contribution is 5.85. The molecule has 1 rings (SSSR count). The van der Waals surface area contributed by atoms with Gasteiger partial charge in [0.15, 0.2) is 0 Å². The maximum Gasteiger partial charge on any atom is 0.242 e. The van der Waals surface area contributed by atoms with Gasteiger partial charge in [0, 0.05) is 13.1 Å². The van der Waals surface area contributed by atoms with E-state index < -0.39 is 5.54 Å². The van der Waals surface area contributed by atoms with Crippen molar-refractivity contribution in [3.63, 3.8) is 0 Å². The normalized spacial score (nSPS) is 25.7. The van der Waals surface area contributed by atoms with Gasteiger partial charge in [-0.1, -0.05) is 26.7 Å². The van der Waals surface area contributed by atoms with E-state index in [2.05, 4.69) is 12.2 Å². The van der Waals surface area contributed by atoms with Crippen LogP contribution in [0.15, 0.2) is 0 Å². The van der Waals surface area contributed by atoms with Gasteiger partial charge in [-0.2, -0.15) is 0 Å². The lowest BCUT2D eigenvalue weighted by molar-refractivity contribution is -0.138. The van der Waals surface area contributed by atoms with Crippen molar-refractivity contribution in [3.8, 4) is 0 Å². The standard InChI is InChI=1S/C14H28N2O/c1-6-15-14(3,4)13(17)16(5)12-9-7-8-11(2)10-12/h11-12,15H,6-10H2,1-5H3. The molecule has 0 saturated heterocycles. The molecule has 0 bridgehead atoms. The Hall–Kier alpha value is -0.570. The summed E-state index contributed by atoms with van der Waals surface area (Å²) in [7, 11) is 1.96. The highest BCUT2D eigenvalue weighted by Gasteiger charge is 2.33. The van der Waals surface area contributed by atoms with Crippen LogP contribution in [0.4, 0.5) is 0 Å². The summed E-state index contributed by atoms with van der Waals surface area (Å²) in [5.41, 5.74) is -0.440. The van der Waals surface area contributed by atoms with E-state index in [1.54, 1.807) is 0 Å². The zero-order valence-corrected chi connectivity index (χ0v) is 12.0. The van der Waals surface area contributed by atoms with Gasteiger partial charge < -0.3 is 10.2 Å². The molecule has 1 aliphatic rings. The predicted octanol–water partition coefficient (Wildman–Crippen LogP) is 2.41. The van der Waals surface area contributed by atoms with Crippen molar-refractivity contribution in [2.24, 2.45) is 5.92 Å². The summed E-state index contributed by atoms with van der Waals surface area (Å²) in [6.45, 7) is 9.11. The van der Waals surface area contributed by atoms with Crippen molar-refractivity contribution in [3.05, 3.63) is 0 Å². The van der Waals surface area contributed by atoms with Crippen molar-refractivity contribution < 1.29 is 4.79 Å². The number of carbonyl (C=O) groups is 1. The molecule has 2 atom stereocenters. The Bertz CT molecular complexity index is 263. The van der Waals surface area contributed by atoms with E-state index in [0.29, 0.717) is 6.04 Å². The molecule has 0 aromatic rings. The number of carbonyl (C=O) groups excluding carboxylic acids is 1. The number of likely N-dealkylation sites (N-methyl/N-ethyl adjacent to an activating group) is 2. The number of nitrogens with zero attached hydrogens (tertiary/aromatic N) is 1. The molecular formula is C14H28N2O. The van der Waals surface area contributed by atoms with Gasteiger partial charge in [0.1, 0.15) is 0 Å². The summed E-state index contributed by atoms with van der Waals surface area (Å²) in [5, 5.41) is 3.26. The Labute approximate surface area is 106 Å². The minimum atomic E-state index is -0.440. The van der Waals surface area contributed by atoms with E-state index in [4.69, 9.17) is 0 Å². The third-order valence-electron chi connectivity index (χ3n) is 3.93. The van der Waals surface area contributed by atoms with Crippen LogP contribution in [0.25, 0.3) is 0 Å². The highest BCUT2D eigenvalue weighted by Crippen LogP contribution is 2.27. The zero-order chi connectivity index (χ0) is 13.1. The molecule has 1 amide bonds. The number of hydrogen-bond donors (Lipinski definition) is 1. The Morgan fingerprint density at radius 1 is 1.41 bits per heavy atom. The lowest BCUT2D eigenvalue weighted by Crippen LogP contribution is -2.55. The maximum atomic E-state index is 12.4. The quantitative estimate of drug-likeness (QED) is 0.818. The average Bonchev–Trinajstić information content (AvgIpc) is 2.27. The summed E-state index contributed by atoms with van der Waals surface area (Å²) in [6.07, 6.45) is 4.89. The first kappa shape index (κ1) is 14.5. The smallest absolute Gasteiger partial charge is 0.242 e. The fourth-order valence-electron chi connectivity index (χ4n) is 2.88. The van der Waals surface area contributed by atoms with Crippen LogP contribution in [0.1, 0.15) is 53.4 Å². The first-order valence-electron chi connectivity index (χ1n) is 6.90. The van der Waals surface area contributed by atoms with Gasteiger partial charge in [0.2, 0.25) is 5.91 Å². The Balaban J connectivity index is 2.62. The second-order valence-corrected chi connectivity index (χ2v) is 6.00. The molecule has 3 nitrogen and oxygen atoms in total. The number of hydrogen-bond acceptors (Lipinski definition) is 2. The molecule has 100 valence electrons. The Kier molecular flexibility index (Phi) is 4.99. The molecule has 0 aliphatic heterocycles. The van der Waals surface area contributed by atoms with Crippen molar-refractivity contribution >= 4 is 5.91 Å². The third-order valence-corrected chi connectivity index (χ3v) is 3.93. The Morgan fingerprint density at radius 3 is 2.59 bits per heavy atom. The first-order valence-corrected chi connectivity index (χ1v) is 6.90. The van der Waals surface area contributed by atoms with Crippen LogP contribution < -0.4 is 5.32 Å². The fourth-order valence-corrected chi connectivity index (χ4v) is 2.88. The largest absolute Gasteiger partial charge is 0.341 e. The van der Waals surface area contributed by atoms with Gasteiger partial charge >= 0.3 is 0 Å². The predicted molar refractivity (Wildman–Crippen MR) is 71.9 cm³/mol. The van der Waals surface area contributed by atoms with E-state index in [1.165, 1.54) is 12.8 Å². The van der Waals surface area contributed by atoms with Gasteiger partial charge in [0.05, 0.1) is 5.54 Å². The summed E-state index contributed by atoms with van der Waals surface area (Å²) in [4.78, 5) is 14.4. The van der Waals surface area contributed by atoms with Gasteiger partial charge in [-0.25, -0.2) is 0 Å². The minimum Gasteiger partial charge on any atom is -0.341 e. The highest BCUT2D eigenvalue weighted by atomic mass is 16.2. The lowest BCUT2D eigenvalue weighted by Gasteiger charge is -2.38. The van der Waals surface area contributed by atoms with Crippen molar-refractivity contribution in [2.45, 2.75) is 65.0 Å². The van der Waals surface area contributed by atoms with E-state index in [0.717, 1.165) is 25.3 Å². The summed E-state index contributed by atoms with van der Waals surface area (Å²) in [6, 6.07) is 0.434. The lowest BCUT2D eigenvalue weighted by atomic mass is 9.85. The summed E-state index contributed by atoms with van der Waals surface area (Å²) < 4.78 is 0. The van der Waals surface area contributed by atoms with Crippen molar-refractivity contribution in [1.82, 2.24) is 10.2 Å². The summed E-state index contributed by atoms with van der Waals surface area (Å²) >= 11 is 0. The molecule has 0 aromatic heterocycles. The topological polar surface area (TPSA) is 32.3 Å². The first-order chi connectivity index (χ1) is 7.88. The second-order valence-electron chi connectivity index (χ2n) is 6.00. The van der Waals surface area contributed by atoms with Crippen LogP contribution in [0.3, 0.4) is 0 Å². The minimum absolute atomic E-state index is 0.221. The van der Waals surface area contributed by atoms with E-state index >= 15 is 0 Å². The molecule has 3 heteroatoms. The number of nitrogens with one attached hydrogen (secondary N) is 1. The van der Waals surface area contributed by atoms with E-state index in [9.17, 15) is 4.79 Å². The van der Waals surface area contributed by atoms with Crippen molar-refractivity contribution in [1.29, 1.82) is 0 Å². The molecule has 0 aromatic carbocycles. The molecule has 1 aliphatic carbocycles. The van der Waals surface area contributed by atoms with E-state index in [-0.39, 0.29) is 5.91 Å². The maximum absolute atomic E-state index is 12.4. The van der Waals surface area contributed by atoms with Crippen molar-refractivity contribution in [2.75, 3.05) is 13.6 Å². The van der Waals surface area contributed by atoms with Gasteiger partial charge in [0.25, 0.3) is 0 Å². The molecule has 2 unspecified atom stereocenters. The second kappa shape index (κ2) is 5.85.